The zero-order valence-electron chi connectivity index (χ0n) is 16.8. The van der Waals surface area contributed by atoms with Gasteiger partial charge in [0.1, 0.15) is 10.6 Å². The topological polar surface area (TPSA) is 92.6 Å². The third-order valence-corrected chi connectivity index (χ3v) is 5.60. The molecule has 0 radical (unpaired) electrons. The molecule has 2 N–H and O–H groups in total. The van der Waals surface area contributed by atoms with Crippen LogP contribution in [0, 0.1) is 0 Å². The van der Waals surface area contributed by atoms with Crippen molar-refractivity contribution in [2.45, 2.75) is 19.8 Å². The lowest BCUT2D eigenvalue weighted by Crippen LogP contribution is -2.25. The van der Waals surface area contributed by atoms with Crippen LogP contribution in [0.2, 0.25) is 0 Å². The summed E-state index contributed by atoms with van der Waals surface area (Å²) in [5, 5.41) is 5.55. The lowest BCUT2D eigenvalue weighted by Gasteiger charge is -2.08. The van der Waals surface area contributed by atoms with Gasteiger partial charge < -0.3 is 10.6 Å². The second kappa shape index (κ2) is 8.93. The number of thiazole rings is 1. The fourth-order valence-corrected chi connectivity index (χ4v) is 4.23. The van der Waals surface area contributed by atoms with Crippen molar-refractivity contribution in [3.8, 4) is 0 Å². The summed E-state index contributed by atoms with van der Waals surface area (Å²) >= 11 is 1.02. The van der Waals surface area contributed by atoms with E-state index in [0.717, 1.165) is 17.8 Å². The van der Waals surface area contributed by atoms with E-state index in [9.17, 15) is 14.4 Å². The highest BCUT2D eigenvalue weighted by atomic mass is 32.1. The molecule has 0 spiro atoms. The summed E-state index contributed by atoms with van der Waals surface area (Å²) in [6.07, 6.45) is 1.47. The van der Waals surface area contributed by atoms with E-state index in [0.29, 0.717) is 28.5 Å². The molecule has 0 unspecified atom stereocenters. The Morgan fingerprint density at radius 2 is 1.52 bits per heavy atom. The first kappa shape index (κ1) is 20.5. The van der Waals surface area contributed by atoms with Crippen LogP contribution in [0.25, 0.3) is 4.96 Å². The van der Waals surface area contributed by atoms with E-state index in [1.807, 2.05) is 19.1 Å². The summed E-state index contributed by atoms with van der Waals surface area (Å²) in [4.78, 5) is 44.0. The number of nitrogens with zero attached hydrogens (tertiary/aromatic N) is 2. The molecule has 156 valence electrons. The standard InChI is InChI=1S/C23H20N4O3S/c1-2-9-17-14-18(28)27-19(21(29)24-15-10-5-3-6-11-15)20(31-23(27)26-17)22(30)25-16-12-7-4-8-13-16/h3-8,10-14H,2,9H2,1H3,(H,24,29)(H,25,30). The minimum Gasteiger partial charge on any atom is -0.321 e. The first-order chi connectivity index (χ1) is 15.1. The van der Waals surface area contributed by atoms with Crippen molar-refractivity contribution in [2.24, 2.45) is 0 Å². The molecule has 2 amide bonds. The van der Waals surface area contributed by atoms with Crippen LogP contribution in [-0.2, 0) is 6.42 Å². The number of anilines is 2. The van der Waals surface area contributed by atoms with E-state index in [1.165, 1.54) is 10.5 Å². The molecule has 7 nitrogen and oxygen atoms in total. The van der Waals surface area contributed by atoms with Crippen LogP contribution in [0.5, 0.6) is 0 Å². The van der Waals surface area contributed by atoms with Crippen molar-refractivity contribution in [1.82, 2.24) is 9.38 Å². The fourth-order valence-electron chi connectivity index (χ4n) is 3.19. The van der Waals surface area contributed by atoms with Crippen LogP contribution < -0.4 is 16.2 Å². The van der Waals surface area contributed by atoms with E-state index in [-0.39, 0.29) is 16.1 Å². The molecule has 0 fully saturated rings. The van der Waals surface area contributed by atoms with Gasteiger partial charge in [-0.25, -0.2) is 9.38 Å². The van der Waals surface area contributed by atoms with Crippen LogP contribution >= 0.6 is 11.3 Å². The van der Waals surface area contributed by atoms with Gasteiger partial charge in [-0.05, 0) is 30.7 Å². The summed E-state index contributed by atoms with van der Waals surface area (Å²) in [6, 6.07) is 19.2. The average molecular weight is 433 g/mol. The molecule has 4 rings (SSSR count). The molecule has 4 aromatic rings. The average Bonchev–Trinajstić information content (AvgIpc) is 3.16. The predicted molar refractivity (Wildman–Crippen MR) is 122 cm³/mol. The Balaban J connectivity index is 1.82. The number of fused-ring (bicyclic) bond motifs is 1. The third kappa shape index (κ3) is 4.39. The van der Waals surface area contributed by atoms with Gasteiger partial charge in [-0.15, -0.1) is 0 Å². The molecule has 0 bridgehead atoms. The second-order valence-corrected chi connectivity index (χ2v) is 7.85. The van der Waals surface area contributed by atoms with Crippen molar-refractivity contribution < 1.29 is 9.59 Å². The number of hydrogen-bond acceptors (Lipinski definition) is 5. The Morgan fingerprint density at radius 1 is 0.935 bits per heavy atom. The number of carbonyl (C=O) groups excluding carboxylic acids is 2. The zero-order valence-corrected chi connectivity index (χ0v) is 17.6. The SMILES string of the molecule is CCCc1cc(=O)n2c(C(=O)Nc3ccccc3)c(C(=O)Nc3ccccc3)sc2n1. The first-order valence-electron chi connectivity index (χ1n) is 9.85. The number of amides is 2. The minimum absolute atomic E-state index is 0.0298. The maximum absolute atomic E-state index is 13.2. The van der Waals surface area contributed by atoms with Crippen LogP contribution in [0.4, 0.5) is 11.4 Å². The smallest absolute Gasteiger partial charge is 0.274 e. The number of para-hydroxylation sites is 2. The quantitative estimate of drug-likeness (QED) is 0.477. The van der Waals surface area contributed by atoms with Crippen LogP contribution in [0.3, 0.4) is 0 Å². The summed E-state index contributed by atoms with van der Waals surface area (Å²) in [7, 11) is 0. The Kier molecular flexibility index (Phi) is 5.90. The summed E-state index contributed by atoms with van der Waals surface area (Å²) < 4.78 is 1.21. The monoisotopic (exact) mass is 432 g/mol. The maximum atomic E-state index is 13.2. The van der Waals surface area contributed by atoms with Crippen molar-refractivity contribution in [3.63, 3.8) is 0 Å². The maximum Gasteiger partial charge on any atom is 0.274 e. The summed E-state index contributed by atoms with van der Waals surface area (Å²) in [6.45, 7) is 2.00. The van der Waals surface area contributed by atoms with E-state index in [4.69, 9.17) is 0 Å². The summed E-state index contributed by atoms with van der Waals surface area (Å²) in [5.41, 5.74) is 1.37. The van der Waals surface area contributed by atoms with Crippen molar-refractivity contribution >= 4 is 39.5 Å². The number of aryl methyl sites for hydroxylation is 1. The van der Waals surface area contributed by atoms with E-state index < -0.39 is 11.8 Å². The molecule has 0 atom stereocenters. The van der Waals surface area contributed by atoms with Crippen LogP contribution in [0.15, 0.2) is 71.5 Å². The van der Waals surface area contributed by atoms with Gasteiger partial charge in [0.05, 0.1) is 0 Å². The van der Waals surface area contributed by atoms with Crippen molar-refractivity contribution in [3.05, 3.63) is 93.3 Å². The molecule has 2 heterocycles. The molecule has 0 aliphatic heterocycles. The number of aromatic nitrogens is 2. The zero-order chi connectivity index (χ0) is 21.8. The largest absolute Gasteiger partial charge is 0.321 e. The summed E-state index contributed by atoms with van der Waals surface area (Å²) in [5.74, 6) is -1.03. The molecule has 31 heavy (non-hydrogen) atoms. The molecule has 2 aromatic heterocycles. The molecular weight excluding hydrogens is 412 g/mol. The lowest BCUT2D eigenvalue weighted by atomic mass is 10.2. The van der Waals surface area contributed by atoms with Gasteiger partial charge in [0.25, 0.3) is 17.4 Å². The van der Waals surface area contributed by atoms with Gasteiger partial charge in [-0.1, -0.05) is 61.1 Å². The number of hydrogen-bond donors (Lipinski definition) is 2. The van der Waals surface area contributed by atoms with E-state index >= 15 is 0 Å². The van der Waals surface area contributed by atoms with Crippen molar-refractivity contribution in [2.75, 3.05) is 10.6 Å². The molecule has 0 aliphatic rings. The lowest BCUT2D eigenvalue weighted by molar-refractivity contribution is 0.0989. The molecule has 0 aliphatic carbocycles. The van der Waals surface area contributed by atoms with E-state index in [1.54, 1.807) is 48.5 Å². The van der Waals surface area contributed by atoms with Crippen molar-refractivity contribution in [1.29, 1.82) is 0 Å². The second-order valence-electron chi connectivity index (χ2n) is 6.87. The minimum atomic E-state index is -0.553. The highest BCUT2D eigenvalue weighted by Gasteiger charge is 2.26. The third-order valence-electron chi connectivity index (χ3n) is 4.56. The molecule has 2 aromatic carbocycles. The predicted octanol–water partition coefficient (Wildman–Crippen LogP) is 4.21. The fraction of sp³-hybridized carbons (Fsp3) is 0.130. The number of nitrogens with one attached hydrogen (secondary N) is 2. The molecular formula is C23H20N4O3S. The van der Waals surface area contributed by atoms with E-state index in [2.05, 4.69) is 15.6 Å². The number of carbonyl (C=O) groups is 2. The Bertz CT molecular complexity index is 1300. The normalized spacial score (nSPS) is 10.7. The Morgan fingerprint density at radius 3 is 2.10 bits per heavy atom. The van der Waals surface area contributed by atoms with Gasteiger partial charge in [0.15, 0.2) is 4.96 Å². The Hall–Kier alpha value is -3.78. The van der Waals surface area contributed by atoms with Crippen LogP contribution in [-0.4, -0.2) is 21.2 Å². The van der Waals surface area contributed by atoms with Gasteiger partial charge in [-0.2, -0.15) is 0 Å². The number of benzene rings is 2. The van der Waals surface area contributed by atoms with Crippen LogP contribution in [0.1, 0.15) is 39.2 Å². The van der Waals surface area contributed by atoms with Gasteiger partial charge in [0.2, 0.25) is 0 Å². The first-order valence-corrected chi connectivity index (χ1v) is 10.7. The molecule has 0 saturated carbocycles. The van der Waals surface area contributed by atoms with Gasteiger partial charge in [0, 0.05) is 23.1 Å². The highest BCUT2D eigenvalue weighted by Crippen LogP contribution is 2.24. The molecule has 8 heteroatoms. The van der Waals surface area contributed by atoms with Gasteiger partial charge >= 0.3 is 0 Å². The Labute approximate surface area is 182 Å². The number of rotatable bonds is 6. The van der Waals surface area contributed by atoms with Gasteiger partial charge in [-0.3, -0.25) is 14.4 Å². The molecule has 0 saturated heterocycles. The highest BCUT2D eigenvalue weighted by molar-refractivity contribution is 7.19.